The van der Waals surface area contributed by atoms with Gasteiger partial charge in [0.25, 0.3) is 0 Å². The Morgan fingerprint density at radius 1 is 2.00 bits per heavy atom. The van der Waals surface area contributed by atoms with E-state index >= 15 is 0 Å². The quantitative estimate of drug-likeness (QED) is 0.179. The third-order valence-electron chi connectivity index (χ3n) is 0.559. The molecule has 1 unspecified atom stereocenters. The van der Waals surface area contributed by atoms with Crippen LogP contribution in [0.15, 0.2) is 5.11 Å². The van der Waals surface area contributed by atoms with E-state index < -0.39 is 7.92 Å². The summed E-state index contributed by atoms with van der Waals surface area (Å²) in [6.07, 6.45) is 5.47. The van der Waals surface area contributed by atoms with Gasteiger partial charge in [-0.25, -0.2) is 0 Å². The molecule has 0 rings (SSSR count). The van der Waals surface area contributed by atoms with E-state index in [4.69, 9.17) is 12.0 Å². The van der Waals surface area contributed by atoms with Crippen molar-refractivity contribution in [3.8, 4) is 12.1 Å². The summed E-state index contributed by atoms with van der Waals surface area (Å²) in [4.78, 5) is 2.57. The monoisotopic (exact) mass is 127 g/mol. The second-order valence-electron chi connectivity index (χ2n) is 1.20. The summed E-state index contributed by atoms with van der Waals surface area (Å²) in [5.74, 6) is 0. The molecule has 0 radical (unpaired) electrons. The molecule has 0 amide bonds. The van der Waals surface area contributed by atoms with Gasteiger partial charge in [-0.2, -0.15) is 0 Å². The van der Waals surface area contributed by atoms with Gasteiger partial charge in [0.05, 0.1) is 6.29 Å². The van der Waals surface area contributed by atoms with Gasteiger partial charge in [0, 0.05) is 4.91 Å². The fraction of sp³-hybridized carbons (Fsp3) is 0.500. The van der Waals surface area contributed by atoms with Crippen LogP contribution in [0.4, 0.5) is 0 Å². The Morgan fingerprint density at radius 2 is 2.62 bits per heavy atom. The highest BCUT2D eigenvalue weighted by Gasteiger charge is 1.88. The lowest BCUT2D eigenvalue weighted by atomic mass is 11.4. The lowest BCUT2D eigenvalue weighted by Crippen LogP contribution is -1.68. The molecule has 4 heteroatoms. The first-order valence-electron chi connectivity index (χ1n) is 1.99. The summed E-state index contributed by atoms with van der Waals surface area (Å²) in [6, 6.07) is 0. The summed E-state index contributed by atoms with van der Waals surface area (Å²) < 4.78 is 0. The van der Waals surface area contributed by atoms with Crippen LogP contribution in [-0.4, -0.2) is 13.0 Å². The van der Waals surface area contributed by atoms with E-state index in [0.29, 0.717) is 6.29 Å². The number of terminal acetylenes is 1. The van der Waals surface area contributed by atoms with Crippen LogP contribution >= 0.6 is 7.92 Å². The molecule has 0 aliphatic heterocycles. The van der Waals surface area contributed by atoms with Crippen LogP contribution in [0.3, 0.4) is 0 Å². The first-order valence-corrected chi connectivity index (χ1v) is 3.97. The maximum Gasteiger partial charge on any atom is 0.0572 e. The molecule has 0 aromatic heterocycles. The smallest absolute Gasteiger partial charge is 0.0572 e. The SMILES string of the molecule is C#CP(C)CN=[N+]=[N-]. The van der Waals surface area contributed by atoms with Gasteiger partial charge in [-0.15, -0.1) is 6.42 Å². The normalized spacial score (nSPS) is 11.0. The van der Waals surface area contributed by atoms with E-state index in [1.807, 2.05) is 6.66 Å². The van der Waals surface area contributed by atoms with Crippen molar-refractivity contribution < 1.29 is 0 Å². The largest absolute Gasteiger partial charge is 0.115 e. The van der Waals surface area contributed by atoms with Crippen molar-refractivity contribution in [2.24, 2.45) is 5.11 Å². The highest BCUT2D eigenvalue weighted by molar-refractivity contribution is 7.62. The van der Waals surface area contributed by atoms with E-state index in [9.17, 15) is 0 Å². The molecule has 0 spiro atoms. The number of hydrogen-bond donors (Lipinski definition) is 0. The van der Waals surface area contributed by atoms with Crippen LogP contribution in [0.5, 0.6) is 0 Å². The Labute approximate surface area is 49.5 Å². The Bertz CT molecular complexity index is 142. The average molecular weight is 127 g/mol. The molecule has 42 valence electrons. The lowest BCUT2D eigenvalue weighted by Gasteiger charge is -1.92. The zero-order valence-electron chi connectivity index (χ0n) is 4.57. The second-order valence-corrected chi connectivity index (χ2v) is 3.14. The zero-order chi connectivity index (χ0) is 6.41. The Hall–Kier alpha value is -0.700. The molecule has 1 atom stereocenters. The standard InChI is InChI=1S/C4H6N3P/c1-3-8(2)4-6-7-5/h1H,4H2,2H3. The summed E-state index contributed by atoms with van der Waals surface area (Å²) in [6.45, 7) is 1.89. The molecule has 0 aromatic carbocycles. The number of rotatable bonds is 2. The predicted molar refractivity (Wildman–Crippen MR) is 35.7 cm³/mol. The van der Waals surface area contributed by atoms with Crippen molar-refractivity contribution >= 4 is 7.92 Å². The van der Waals surface area contributed by atoms with Crippen molar-refractivity contribution in [2.45, 2.75) is 0 Å². The third-order valence-corrected chi connectivity index (χ3v) is 1.55. The Morgan fingerprint density at radius 3 is 3.00 bits per heavy atom. The molecule has 0 aliphatic carbocycles. The molecule has 0 saturated heterocycles. The molecule has 0 saturated carbocycles. The molecular weight excluding hydrogens is 121 g/mol. The van der Waals surface area contributed by atoms with Crippen molar-refractivity contribution in [2.75, 3.05) is 13.0 Å². The molecule has 0 bridgehead atoms. The van der Waals surface area contributed by atoms with Gasteiger partial charge in [0.15, 0.2) is 0 Å². The third kappa shape index (κ3) is 3.49. The fourth-order valence-electron chi connectivity index (χ4n) is 0.164. The minimum Gasteiger partial charge on any atom is -0.115 e. The van der Waals surface area contributed by atoms with Crippen molar-refractivity contribution in [3.63, 3.8) is 0 Å². The van der Waals surface area contributed by atoms with Gasteiger partial charge >= 0.3 is 0 Å². The zero-order valence-corrected chi connectivity index (χ0v) is 5.47. The van der Waals surface area contributed by atoms with Crippen LogP contribution in [0, 0.1) is 12.1 Å². The highest BCUT2D eigenvalue weighted by Crippen LogP contribution is 2.27. The van der Waals surface area contributed by atoms with Crippen LogP contribution < -0.4 is 0 Å². The van der Waals surface area contributed by atoms with Crippen LogP contribution in [0.25, 0.3) is 10.4 Å². The summed E-state index contributed by atoms with van der Waals surface area (Å²) >= 11 is 0. The molecule has 8 heavy (non-hydrogen) atoms. The minimum absolute atomic E-state index is 0.461. The van der Waals surface area contributed by atoms with E-state index in [2.05, 4.69) is 15.7 Å². The van der Waals surface area contributed by atoms with E-state index in [1.54, 1.807) is 0 Å². The van der Waals surface area contributed by atoms with Crippen molar-refractivity contribution in [3.05, 3.63) is 10.4 Å². The molecular formula is C4H6N3P. The summed E-state index contributed by atoms with van der Waals surface area (Å²) in [5, 5.41) is 3.31. The number of hydrogen-bond acceptors (Lipinski definition) is 1. The second kappa shape index (κ2) is 4.46. The topological polar surface area (TPSA) is 48.8 Å². The first-order chi connectivity index (χ1) is 3.81. The highest BCUT2D eigenvalue weighted by atomic mass is 31.1. The maximum absolute atomic E-state index is 7.81. The van der Waals surface area contributed by atoms with Crippen LogP contribution in [-0.2, 0) is 0 Å². The van der Waals surface area contributed by atoms with Gasteiger partial charge in [-0.1, -0.05) is 10.8 Å². The fourth-order valence-corrected chi connectivity index (χ4v) is 0.492. The summed E-state index contributed by atoms with van der Waals surface area (Å²) in [5.41, 5.74) is 10.3. The molecule has 0 aliphatic rings. The summed E-state index contributed by atoms with van der Waals surface area (Å²) in [7, 11) is -0.477. The average Bonchev–Trinajstić information content (AvgIpc) is 1.83. The van der Waals surface area contributed by atoms with Gasteiger partial charge in [0.1, 0.15) is 0 Å². The number of azide groups is 1. The number of nitrogens with zero attached hydrogens (tertiary/aromatic N) is 3. The predicted octanol–water partition coefficient (Wildman–Crippen LogP) is 1.96. The van der Waals surface area contributed by atoms with Gasteiger partial charge in [-0.05, 0) is 20.1 Å². The van der Waals surface area contributed by atoms with E-state index in [-0.39, 0.29) is 0 Å². The van der Waals surface area contributed by atoms with E-state index in [1.165, 1.54) is 0 Å². The molecule has 0 heterocycles. The van der Waals surface area contributed by atoms with Crippen molar-refractivity contribution in [1.29, 1.82) is 0 Å². The van der Waals surface area contributed by atoms with Crippen LogP contribution in [0.2, 0.25) is 0 Å². The Kier molecular flexibility index (Phi) is 4.07. The Balaban J connectivity index is 3.43. The molecule has 0 fully saturated rings. The van der Waals surface area contributed by atoms with Gasteiger partial charge in [0.2, 0.25) is 0 Å². The van der Waals surface area contributed by atoms with Gasteiger partial charge < -0.3 is 0 Å². The molecule has 0 aromatic rings. The first kappa shape index (κ1) is 7.30. The molecule has 3 nitrogen and oxygen atoms in total. The van der Waals surface area contributed by atoms with Crippen molar-refractivity contribution in [1.82, 2.24) is 0 Å². The van der Waals surface area contributed by atoms with Crippen LogP contribution in [0.1, 0.15) is 0 Å². The van der Waals surface area contributed by atoms with E-state index in [0.717, 1.165) is 0 Å². The maximum atomic E-state index is 7.81. The molecule has 0 N–H and O–H groups in total. The minimum atomic E-state index is -0.477. The lowest BCUT2D eigenvalue weighted by molar-refractivity contribution is 1.32. The van der Waals surface area contributed by atoms with Gasteiger partial charge in [-0.3, -0.25) is 0 Å².